The third-order valence-corrected chi connectivity index (χ3v) is 4.62. The van der Waals surface area contributed by atoms with Crippen LogP contribution in [0.1, 0.15) is 41.4 Å². The minimum atomic E-state index is -2.98. The van der Waals surface area contributed by atoms with Gasteiger partial charge in [0.2, 0.25) is 5.88 Å². The number of nitrogens with zero attached hydrogens (tertiary/aromatic N) is 3. The van der Waals surface area contributed by atoms with Crippen molar-refractivity contribution in [2.24, 2.45) is 0 Å². The van der Waals surface area contributed by atoms with E-state index in [-0.39, 0.29) is 22.9 Å². The Labute approximate surface area is 160 Å². The highest BCUT2D eigenvalue weighted by Gasteiger charge is 2.33. The van der Waals surface area contributed by atoms with Crippen LogP contribution in [0, 0.1) is 0 Å². The molecule has 1 N–H and O–H groups in total. The van der Waals surface area contributed by atoms with Gasteiger partial charge in [0.1, 0.15) is 10.8 Å². The van der Waals surface area contributed by atoms with Crippen LogP contribution >= 0.6 is 11.6 Å². The van der Waals surface area contributed by atoms with Gasteiger partial charge >= 0.3 is 0 Å². The normalized spacial score (nSPS) is 14.9. The fourth-order valence-corrected chi connectivity index (χ4v) is 3.16. The first kappa shape index (κ1) is 19.3. The van der Waals surface area contributed by atoms with Gasteiger partial charge in [-0.15, -0.1) is 0 Å². The van der Waals surface area contributed by atoms with Crippen molar-refractivity contribution in [3.8, 4) is 5.88 Å². The summed E-state index contributed by atoms with van der Waals surface area (Å²) in [6, 6.07) is 2.95. The van der Waals surface area contributed by atoms with Gasteiger partial charge in [0.15, 0.2) is 6.61 Å². The molecule has 144 valence electrons. The number of amides is 1. The summed E-state index contributed by atoms with van der Waals surface area (Å²) >= 11 is 6.13. The molecule has 0 fully saturated rings. The fourth-order valence-electron chi connectivity index (χ4n) is 2.93. The average molecular weight is 397 g/mol. The lowest BCUT2D eigenvalue weighted by Gasteiger charge is -2.25. The maximum Gasteiger partial charge on any atom is 0.278 e. The topological polar surface area (TPSA) is 67.3 Å². The molecule has 1 amide bonds. The lowest BCUT2D eigenvalue weighted by molar-refractivity contribution is -0.0242. The molecular weight excluding hydrogens is 378 g/mol. The molecule has 2 aromatic heterocycles. The number of hydrogen-bond donors (Lipinski definition) is 1. The number of rotatable bonds is 6. The molecule has 0 radical (unpaired) electrons. The van der Waals surface area contributed by atoms with E-state index in [1.165, 1.54) is 6.20 Å². The first-order valence-corrected chi connectivity index (χ1v) is 8.71. The highest BCUT2D eigenvalue weighted by atomic mass is 35.5. The van der Waals surface area contributed by atoms with Crippen molar-refractivity contribution in [1.82, 2.24) is 14.9 Å². The zero-order valence-electron chi connectivity index (χ0n) is 15.1. The summed E-state index contributed by atoms with van der Waals surface area (Å²) in [6.45, 7) is 2.19. The predicted octanol–water partition coefficient (Wildman–Crippen LogP) is 3.92. The minimum Gasteiger partial charge on any atom is -0.470 e. The van der Waals surface area contributed by atoms with Crippen molar-refractivity contribution < 1.29 is 18.3 Å². The Balaban J connectivity index is 1.80. The van der Waals surface area contributed by atoms with Crippen LogP contribution in [0.25, 0.3) is 0 Å². The maximum absolute atomic E-state index is 12.9. The third-order valence-electron chi connectivity index (χ3n) is 4.35. The number of hydrogen-bond acceptors (Lipinski definition) is 5. The van der Waals surface area contributed by atoms with Crippen molar-refractivity contribution in [2.75, 3.05) is 19.0 Å². The van der Waals surface area contributed by atoms with Gasteiger partial charge in [-0.2, -0.15) is 0 Å². The number of carbonyl (C=O) groups excluding carboxylic acids is 1. The quantitative estimate of drug-likeness (QED) is 0.801. The Morgan fingerprint density at radius 3 is 2.81 bits per heavy atom. The Hall–Kier alpha value is -2.48. The number of pyridine rings is 2. The second-order valence-electron chi connectivity index (χ2n) is 6.46. The smallest absolute Gasteiger partial charge is 0.278 e. The molecular formula is C18H19ClF2N4O2. The number of anilines is 1. The first-order valence-electron chi connectivity index (χ1n) is 8.34. The fraction of sp³-hybridized carbons (Fsp3) is 0.389. The average Bonchev–Trinajstić information content (AvgIpc) is 2.96. The Morgan fingerprint density at radius 2 is 2.19 bits per heavy atom. The largest absolute Gasteiger partial charge is 0.470 e. The lowest BCUT2D eigenvalue weighted by Crippen LogP contribution is -2.27. The lowest BCUT2D eigenvalue weighted by atomic mass is 10.1. The molecule has 0 saturated carbocycles. The van der Waals surface area contributed by atoms with Crippen LogP contribution in [-0.2, 0) is 6.54 Å². The SMILES string of the molecule is CNc1nccc2c1CN(C(C)c1cnc(OCC(C)(F)F)c(Cl)c1)C2=O. The van der Waals surface area contributed by atoms with E-state index in [9.17, 15) is 13.6 Å². The van der Waals surface area contributed by atoms with E-state index in [0.717, 1.165) is 12.5 Å². The molecule has 0 saturated heterocycles. The van der Waals surface area contributed by atoms with Gasteiger partial charge in [0.25, 0.3) is 11.8 Å². The number of halogens is 3. The van der Waals surface area contributed by atoms with Gasteiger partial charge in [0.05, 0.1) is 12.6 Å². The standard InChI is InChI=1S/C18H19ClF2N4O2/c1-10(11-6-14(19)16(24-7-11)27-9-18(2,20)21)25-8-13-12(17(25)26)4-5-23-15(13)22-3/h4-7,10H,8-9H2,1-3H3,(H,22,23). The molecule has 1 unspecified atom stereocenters. The van der Waals surface area contributed by atoms with Gasteiger partial charge in [-0.1, -0.05) is 11.6 Å². The highest BCUT2D eigenvalue weighted by Crippen LogP contribution is 2.35. The highest BCUT2D eigenvalue weighted by molar-refractivity contribution is 6.31. The van der Waals surface area contributed by atoms with E-state index < -0.39 is 12.5 Å². The van der Waals surface area contributed by atoms with Gasteiger partial charge in [-0.05, 0) is 24.6 Å². The van der Waals surface area contributed by atoms with E-state index >= 15 is 0 Å². The maximum atomic E-state index is 12.9. The molecule has 1 atom stereocenters. The zero-order valence-corrected chi connectivity index (χ0v) is 15.8. The summed E-state index contributed by atoms with van der Waals surface area (Å²) in [7, 11) is 1.75. The molecule has 3 rings (SSSR count). The van der Waals surface area contributed by atoms with E-state index in [0.29, 0.717) is 23.5 Å². The summed E-state index contributed by atoms with van der Waals surface area (Å²) < 4.78 is 30.8. The van der Waals surface area contributed by atoms with Crippen LogP contribution < -0.4 is 10.1 Å². The van der Waals surface area contributed by atoms with Crippen molar-refractivity contribution >= 4 is 23.3 Å². The van der Waals surface area contributed by atoms with Crippen LogP contribution in [-0.4, -0.2) is 40.4 Å². The van der Waals surface area contributed by atoms with Gasteiger partial charge in [-0.3, -0.25) is 4.79 Å². The molecule has 1 aliphatic heterocycles. The minimum absolute atomic E-state index is 0.0631. The van der Waals surface area contributed by atoms with Crippen LogP contribution in [0.5, 0.6) is 5.88 Å². The molecule has 6 nitrogen and oxygen atoms in total. The second-order valence-corrected chi connectivity index (χ2v) is 6.87. The van der Waals surface area contributed by atoms with Crippen LogP contribution in [0.2, 0.25) is 5.02 Å². The van der Waals surface area contributed by atoms with Crippen molar-refractivity contribution in [1.29, 1.82) is 0 Å². The summed E-state index contributed by atoms with van der Waals surface area (Å²) in [5.74, 6) is -2.50. The number of aromatic nitrogens is 2. The van der Waals surface area contributed by atoms with Crippen molar-refractivity contribution in [2.45, 2.75) is 32.4 Å². The molecule has 9 heteroatoms. The number of ether oxygens (including phenoxy) is 1. The summed E-state index contributed by atoms with van der Waals surface area (Å²) in [5.41, 5.74) is 2.11. The third kappa shape index (κ3) is 3.95. The van der Waals surface area contributed by atoms with Crippen LogP contribution in [0.4, 0.5) is 14.6 Å². The zero-order chi connectivity index (χ0) is 19.8. The molecule has 0 aliphatic carbocycles. The molecule has 1 aliphatic rings. The molecule has 3 heterocycles. The number of fused-ring (bicyclic) bond motifs is 1. The Kier molecular flexibility index (Phi) is 5.19. The molecule has 0 spiro atoms. The predicted molar refractivity (Wildman–Crippen MR) is 97.4 cm³/mol. The number of alkyl halides is 2. The number of nitrogens with one attached hydrogen (secondary N) is 1. The van der Waals surface area contributed by atoms with Gasteiger partial charge < -0.3 is 15.0 Å². The monoisotopic (exact) mass is 396 g/mol. The Morgan fingerprint density at radius 1 is 1.44 bits per heavy atom. The van der Waals surface area contributed by atoms with Gasteiger partial charge in [0, 0.05) is 37.5 Å². The first-order chi connectivity index (χ1) is 12.7. The van der Waals surface area contributed by atoms with Gasteiger partial charge in [-0.25, -0.2) is 18.7 Å². The van der Waals surface area contributed by atoms with Crippen molar-refractivity contribution in [3.05, 3.63) is 46.2 Å². The van der Waals surface area contributed by atoms with E-state index in [4.69, 9.17) is 16.3 Å². The van der Waals surface area contributed by atoms with E-state index in [1.54, 1.807) is 30.3 Å². The van der Waals surface area contributed by atoms with E-state index in [2.05, 4.69) is 15.3 Å². The second kappa shape index (κ2) is 7.26. The molecule has 0 bridgehead atoms. The Bertz CT molecular complexity index is 873. The van der Waals surface area contributed by atoms with E-state index in [1.807, 2.05) is 6.92 Å². The molecule has 2 aromatic rings. The molecule has 27 heavy (non-hydrogen) atoms. The van der Waals surface area contributed by atoms with Crippen LogP contribution in [0.15, 0.2) is 24.5 Å². The number of carbonyl (C=O) groups is 1. The van der Waals surface area contributed by atoms with Crippen molar-refractivity contribution in [3.63, 3.8) is 0 Å². The summed E-state index contributed by atoms with van der Waals surface area (Å²) in [4.78, 5) is 22.7. The molecule has 0 aromatic carbocycles. The van der Waals surface area contributed by atoms with Crippen LogP contribution in [0.3, 0.4) is 0 Å². The summed E-state index contributed by atoms with van der Waals surface area (Å²) in [6.07, 6.45) is 3.07. The summed E-state index contributed by atoms with van der Waals surface area (Å²) in [5, 5.41) is 3.10.